The highest BCUT2D eigenvalue weighted by atomic mass is 79.9. The fraction of sp³-hybridized carbons (Fsp3) is 0.400. The maximum Gasteiger partial charge on any atom is 0.148 e. The van der Waals surface area contributed by atoms with Crippen molar-refractivity contribution < 1.29 is 4.74 Å². The molecular formula is C15H18Br2N2OS. The predicted octanol–water partition coefficient (Wildman–Crippen LogP) is 4.97. The van der Waals surface area contributed by atoms with Crippen molar-refractivity contribution in [3.05, 3.63) is 42.2 Å². The monoisotopic (exact) mass is 432 g/mol. The van der Waals surface area contributed by atoms with Crippen molar-refractivity contribution in [3.63, 3.8) is 0 Å². The average molecular weight is 434 g/mol. The number of benzene rings is 1. The highest BCUT2D eigenvalue weighted by Gasteiger charge is 2.11. The van der Waals surface area contributed by atoms with Gasteiger partial charge in [-0.15, -0.1) is 11.3 Å². The van der Waals surface area contributed by atoms with E-state index in [4.69, 9.17) is 4.74 Å². The lowest BCUT2D eigenvalue weighted by Crippen LogP contribution is -2.11. The van der Waals surface area contributed by atoms with Gasteiger partial charge in [0, 0.05) is 11.4 Å². The van der Waals surface area contributed by atoms with Gasteiger partial charge in [-0.05, 0) is 69.9 Å². The number of nitrogens with zero attached hydrogens (tertiary/aromatic N) is 1. The Morgan fingerprint density at radius 1 is 1.24 bits per heavy atom. The lowest BCUT2D eigenvalue weighted by molar-refractivity contribution is 0.301. The Morgan fingerprint density at radius 3 is 2.43 bits per heavy atom. The Balaban J connectivity index is 2.09. The molecule has 2 rings (SSSR count). The normalized spacial score (nSPS) is 10.9. The van der Waals surface area contributed by atoms with Crippen LogP contribution in [0.3, 0.4) is 0 Å². The average Bonchev–Trinajstić information content (AvgIpc) is 2.74. The van der Waals surface area contributed by atoms with Crippen molar-refractivity contribution in [3.8, 4) is 5.75 Å². The second-order valence-corrected chi connectivity index (χ2v) is 7.70. The first-order chi connectivity index (χ1) is 10.0. The Bertz CT molecular complexity index is 586. The quantitative estimate of drug-likeness (QED) is 0.697. The first kappa shape index (κ1) is 16.9. The fourth-order valence-corrected chi connectivity index (χ4v) is 4.21. The minimum atomic E-state index is 0.489. The molecule has 0 aliphatic heterocycles. The van der Waals surface area contributed by atoms with Crippen LogP contribution in [-0.2, 0) is 13.2 Å². The molecule has 114 valence electrons. The van der Waals surface area contributed by atoms with Crippen LogP contribution in [0.1, 0.15) is 28.1 Å². The summed E-state index contributed by atoms with van der Waals surface area (Å²) in [4.78, 5) is 5.74. The molecule has 0 aliphatic carbocycles. The van der Waals surface area contributed by atoms with Gasteiger partial charge in [0.05, 0.1) is 14.6 Å². The first-order valence-electron chi connectivity index (χ1n) is 6.75. The molecule has 6 heteroatoms. The highest BCUT2D eigenvalue weighted by Crippen LogP contribution is 2.35. The SMILES string of the molecule is CCNCc1cc(Br)c(OCc2nc(C)c(C)s2)c(Br)c1. The van der Waals surface area contributed by atoms with Crippen molar-refractivity contribution in [2.45, 2.75) is 33.9 Å². The molecule has 1 N–H and O–H groups in total. The number of nitrogens with one attached hydrogen (secondary N) is 1. The zero-order chi connectivity index (χ0) is 15.4. The summed E-state index contributed by atoms with van der Waals surface area (Å²) in [6.07, 6.45) is 0. The molecule has 1 aromatic heterocycles. The summed E-state index contributed by atoms with van der Waals surface area (Å²) >= 11 is 8.85. The summed E-state index contributed by atoms with van der Waals surface area (Å²) in [7, 11) is 0. The van der Waals surface area contributed by atoms with Gasteiger partial charge >= 0.3 is 0 Å². The first-order valence-corrected chi connectivity index (χ1v) is 9.15. The molecule has 0 saturated heterocycles. The summed E-state index contributed by atoms with van der Waals surface area (Å²) in [5, 5.41) is 4.31. The van der Waals surface area contributed by atoms with E-state index in [1.54, 1.807) is 11.3 Å². The van der Waals surface area contributed by atoms with Gasteiger partial charge in [0.25, 0.3) is 0 Å². The number of aryl methyl sites for hydroxylation is 2. The van der Waals surface area contributed by atoms with E-state index in [-0.39, 0.29) is 0 Å². The third-order valence-electron chi connectivity index (χ3n) is 3.05. The Kier molecular flexibility index (Phi) is 6.22. The second-order valence-electron chi connectivity index (χ2n) is 4.71. The van der Waals surface area contributed by atoms with Crippen LogP contribution >= 0.6 is 43.2 Å². The van der Waals surface area contributed by atoms with Crippen LogP contribution in [0.15, 0.2) is 21.1 Å². The number of rotatable bonds is 6. The van der Waals surface area contributed by atoms with Crippen molar-refractivity contribution in [2.75, 3.05) is 6.54 Å². The molecule has 3 nitrogen and oxygen atoms in total. The molecule has 0 atom stereocenters. The van der Waals surface area contributed by atoms with Crippen molar-refractivity contribution in [1.29, 1.82) is 0 Å². The van der Waals surface area contributed by atoms with Crippen molar-refractivity contribution >= 4 is 43.2 Å². The summed E-state index contributed by atoms with van der Waals surface area (Å²) < 4.78 is 7.82. The molecule has 0 amide bonds. The van der Waals surface area contributed by atoms with Gasteiger partial charge in [-0.1, -0.05) is 6.92 Å². The topological polar surface area (TPSA) is 34.1 Å². The van der Waals surface area contributed by atoms with E-state index in [2.05, 4.69) is 68.1 Å². The molecule has 0 aliphatic rings. The smallest absolute Gasteiger partial charge is 0.148 e. The van der Waals surface area contributed by atoms with Gasteiger partial charge < -0.3 is 10.1 Å². The number of aromatic nitrogens is 1. The summed E-state index contributed by atoms with van der Waals surface area (Å²) in [5.74, 6) is 0.820. The number of halogens is 2. The predicted molar refractivity (Wildman–Crippen MR) is 95.1 cm³/mol. The Hall–Kier alpha value is -0.430. The van der Waals surface area contributed by atoms with E-state index in [1.807, 2.05) is 6.92 Å². The van der Waals surface area contributed by atoms with E-state index >= 15 is 0 Å². The minimum Gasteiger partial charge on any atom is -0.484 e. The third-order valence-corrected chi connectivity index (χ3v) is 5.27. The van der Waals surface area contributed by atoms with E-state index in [0.29, 0.717) is 6.61 Å². The molecule has 1 aromatic carbocycles. The number of thiazole rings is 1. The molecule has 0 radical (unpaired) electrons. The van der Waals surface area contributed by atoms with E-state index in [1.165, 1.54) is 10.4 Å². The summed E-state index contributed by atoms with van der Waals surface area (Å²) in [6, 6.07) is 4.17. The van der Waals surface area contributed by atoms with Crippen LogP contribution in [0.2, 0.25) is 0 Å². The van der Waals surface area contributed by atoms with Gasteiger partial charge in [-0.3, -0.25) is 0 Å². The lowest BCUT2D eigenvalue weighted by Gasteiger charge is -2.11. The minimum absolute atomic E-state index is 0.489. The van der Waals surface area contributed by atoms with Gasteiger partial charge in [0.15, 0.2) is 0 Å². The summed E-state index contributed by atoms with van der Waals surface area (Å²) in [5.41, 5.74) is 2.29. The van der Waals surface area contributed by atoms with Crippen LogP contribution in [0, 0.1) is 13.8 Å². The van der Waals surface area contributed by atoms with Gasteiger partial charge in [0.2, 0.25) is 0 Å². The number of ether oxygens (including phenoxy) is 1. The standard InChI is InChI=1S/C15H18Br2N2OS/c1-4-18-7-11-5-12(16)15(13(17)6-11)20-8-14-19-9(2)10(3)21-14/h5-6,18H,4,7-8H2,1-3H3. The lowest BCUT2D eigenvalue weighted by atomic mass is 10.2. The Labute approximate surface area is 146 Å². The fourth-order valence-electron chi connectivity index (χ4n) is 1.86. The number of hydrogen-bond acceptors (Lipinski definition) is 4. The second kappa shape index (κ2) is 7.72. The van der Waals surface area contributed by atoms with Crippen LogP contribution in [0.5, 0.6) is 5.75 Å². The largest absolute Gasteiger partial charge is 0.484 e. The molecule has 0 bridgehead atoms. The highest BCUT2D eigenvalue weighted by molar-refractivity contribution is 9.11. The van der Waals surface area contributed by atoms with Crippen LogP contribution < -0.4 is 10.1 Å². The van der Waals surface area contributed by atoms with Crippen LogP contribution in [-0.4, -0.2) is 11.5 Å². The maximum atomic E-state index is 5.92. The molecule has 2 aromatic rings. The molecular weight excluding hydrogens is 416 g/mol. The van der Waals surface area contributed by atoms with Crippen molar-refractivity contribution in [2.24, 2.45) is 0 Å². The van der Waals surface area contributed by atoms with E-state index in [0.717, 1.165) is 38.5 Å². The zero-order valence-electron chi connectivity index (χ0n) is 12.3. The maximum absolute atomic E-state index is 5.92. The molecule has 0 saturated carbocycles. The Morgan fingerprint density at radius 2 is 1.90 bits per heavy atom. The summed E-state index contributed by atoms with van der Waals surface area (Å²) in [6.45, 7) is 8.49. The van der Waals surface area contributed by atoms with E-state index < -0.39 is 0 Å². The van der Waals surface area contributed by atoms with E-state index in [9.17, 15) is 0 Å². The molecule has 0 fully saturated rings. The zero-order valence-corrected chi connectivity index (χ0v) is 16.3. The molecule has 21 heavy (non-hydrogen) atoms. The van der Waals surface area contributed by atoms with Crippen LogP contribution in [0.25, 0.3) is 0 Å². The van der Waals surface area contributed by atoms with Crippen LogP contribution in [0.4, 0.5) is 0 Å². The van der Waals surface area contributed by atoms with Gasteiger partial charge in [-0.25, -0.2) is 4.98 Å². The molecule has 0 spiro atoms. The molecule has 1 heterocycles. The number of hydrogen-bond donors (Lipinski definition) is 1. The van der Waals surface area contributed by atoms with Crippen molar-refractivity contribution in [1.82, 2.24) is 10.3 Å². The third kappa shape index (κ3) is 4.52. The van der Waals surface area contributed by atoms with Gasteiger partial charge in [-0.2, -0.15) is 0 Å². The van der Waals surface area contributed by atoms with Gasteiger partial charge in [0.1, 0.15) is 17.4 Å². The molecule has 0 unspecified atom stereocenters.